The highest BCUT2D eigenvalue weighted by Gasteiger charge is 2.27. The zero-order valence-corrected chi connectivity index (χ0v) is 13.7. The molecular weight excluding hydrogens is 302 g/mol. The van der Waals surface area contributed by atoms with E-state index < -0.39 is 4.92 Å². The number of amides is 1. The zero-order valence-electron chi connectivity index (χ0n) is 12.9. The van der Waals surface area contributed by atoms with E-state index in [0.717, 1.165) is 25.3 Å². The summed E-state index contributed by atoms with van der Waals surface area (Å²) < 4.78 is 0. The molecule has 6 nitrogen and oxygen atoms in total. The van der Waals surface area contributed by atoms with Gasteiger partial charge in [0, 0.05) is 26.2 Å². The highest BCUT2D eigenvalue weighted by atomic mass is 32.2. The molecule has 2 rings (SSSR count). The van der Waals surface area contributed by atoms with Crippen molar-refractivity contribution < 1.29 is 9.72 Å². The second-order valence-electron chi connectivity index (χ2n) is 5.55. The number of likely N-dealkylation sites (tertiary alicyclic amines) is 1. The van der Waals surface area contributed by atoms with Crippen molar-refractivity contribution in [3.05, 3.63) is 34.4 Å². The maximum Gasteiger partial charge on any atom is 0.292 e. The van der Waals surface area contributed by atoms with E-state index in [4.69, 9.17) is 0 Å². The number of anilines is 1. The van der Waals surface area contributed by atoms with Crippen LogP contribution in [0.5, 0.6) is 0 Å². The average molecular weight is 323 g/mol. The molecule has 1 aromatic rings. The second-order valence-corrected chi connectivity index (χ2v) is 6.46. The molecule has 1 saturated heterocycles. The van der Waals surface area contributed by atoms with Gasteiger partial charge >= 0.3 is 0 Å². The lowest BCUT2D eigenvalue weighted by Gasteiger charge is -2.23. The van der Waals surface area contributed by atoms with Gasteiger partial charge in [-0.1, -0.05) is 12.1 Å². The maximum atomic E-state index is 12.4. The molecule has 1 aliphatic rings. The molecule has 1 heterocycles. The topological polar surface area (TPSA) is 66.7 Å². The first-order chi connectivity index (χ1) is 10.5. The molecule has 1 aromatic carbocycles. The van der Waals surface area contributed by atoms with Gasteiger partial charge in [-0.15, -0.1) is 0 Å². The fourth-order valence-corrected chi connectivity index (χ4v) is 3.50. The summed E-state index contributed by atoms with van der Waals surface area (Å²) in [4.78, 5) is 26.5. The van der Waals surface area contributed by atoms with Gasteiger partial charge < -0.3 is 9.80 Å². The van der Waals surface area contributed by atoms with E-state index in [1.54, 1.807) is 41.9 Å². The van der Waals surface area contributed by atoms with Gasteiger partial charge in [0.2, 0.25) is 5.91 Å². The molecule has 0 spiro atoms. The molecule has 22 heavy (non-hydrogen) atoms. The van der Waals surface area contributed by atoms with Crippen LogP contribution in [0.1, 0.15) is 6.42 Å². The highest BCUT2D eigenvalue weighted by molar-refractivity contribution is 7.98. The van der Waals surface area contributed by atoms with Crippen LogP contribution in [-0.4, -0.2) is 54.4 Å². The van der Waals surface area contributed by atoms with Crippen LogP contribution < -0.4 is 4.90 Å². The minimum absolute atomic E-state index is 0.0273. The molecule has 1 aliphatic heterocycles. The number of benzene rings is 1. The van der Waals surface area contributed by atoms with E-state index in [0.29, 0.717) is 11.6 Å². The van der Waals surface area contributed by atoms with E-state index in [1.807, 2.05) is 4.90 Å². The lowest BCUT2D eigenvalue weighted by atomic mass is 10.2. The van der Waals surface area contributed by atoms with Crippen molar-refractivity contribution >= 4 is 29.0 Å². The molecule has 0 bridgehead atoms. The van der Waals surface area contributed by atoms with E-state index in [-0.39, 0.29) is 18.1 Å². The first-order valence-corrected chi connectivity index (χ1v) is 8.63. The molecule has 7 heteroatoms. The third kappa shape index (κ3) is 3.91. The van der Waals surface area contributed by atoms with Crippen LogP contribution in [0.3, 0.4) is 0 Å². The number of hydrogen-bond acceptors (Lipinski definition) is 5. The molecule has 0 aliphatic carbocycles. The summed E-state index contributed by atoms with van der Waals surface area (Å²) in [6.45, 7) is 1.75. The van der Waals surface area contributed by atoms with Gasteiger partial charge in [-0.25, -0.2) is 0 Å². The molecule has 1 atom stereocenters. The molecule has 0 N–H and O–H groups in total. The maximum absolute atomic E-state index is 12.4. The average Bonchev–Trinajstić information content (AvgIpc) is 2.96. The Morgan fingerprint density at radius 1 is 1.50 bits per heavy atom. The van der Waals surface area contributed by atoms with Gasteiger partial charge in [0.05, 0.1) is 11.5 Å². The Morgan fingerprint density at radius 3 is 2.91 bits per heavy atom. The third-order valence-electron chi connectivity index (χ3n) is 3.90. The number of carbonyl (C=O) groups excluding carboxylic acids is 1. The van der Waals surface area contributed by atoms with Gasteiger partial charge in [0.25, 0.3) is 5.69 Å². The molecule has 0 radical (unpaired) electrons. The summed E-state index contributed by atoms with van der Waals surface area (Å²) in [5.74, 6) is 1.67. The minimum Gasteiger partial charge on any atom is -0.360 e. The van der Waals surface area contributed by atoms with E-state index in [2.05, 4.69) is 6.26 Å². The van der Waals surface area contributed by atoms with Crippen molar-refractivity contribution in [3.8, 4) is 0 Å². The fourth-order valence-electron chi connectivity index (χ4n) is 2.76. The molecule has 1 amide bonds. The van der Waals surface area contributed by atoms with Crippen molar-refractivity contribution in [2.24, 2.45) is 5.92 Å². The number of para-hydroxylation sites is 2. The second kappa shape index (κ2) is 7.49. The number of carbonyl (C=O) groups is 1. The SMILES string of the molecule is CSC[C@H]1CCN(C(=O)CN(C)c2ccccc2[N+](=O)[O-])C1. The number of thioether (sulfide) groups is 1. The van der Waals surface area contributed by atoms with Crippen molar-refractivity contribution in [1.29, 1.82) is 0 Å². The monoisotopic (exact) mass is 323 g/mol. The van der Waals surface area contributed by atoms with Crippen molar-refractivity contribution in [3.63, 3.8) is 0 Å². The summed E-state index contributed by atoms with van der Waals surface area (Å²) in [5.41, 5.74) is 0.500. The van der Waals surface area contributed by atoms with Crippen molar-refractivity contribution in [2.75, 3.05) is 43.6 Å². The van der Waals surface area contributed by atoms with Crippen molar-refractivity contribution in [1.82, 2.24) is 4.90 Å². The number of nitro benzene ring substituents is 1. The van der Waals surface area contributed by atoms with Crippen LogP contribution in [-0.2, 0) is 4.79 Å². The van der Waals surface area contributed by atoms with Crippen LogP contribution >= 0.6 is 11.8 Å². The van der Waals surface area contributed by atoms with Crippen molar-refractivity contribution in [2.45, 2.75) is 6.42 Å². The number of nitrogens with zero attached hydrogens (tertiary/aromatic N) is 3. The lowest BCUT2D eigenvalue weighted by molar-refractivity contribution is -0.384. The number of likely N-dealkylation sites (N-methyl/N-ethyl adjacent to an activating group) is 1. The molecule has 0 aromatic heterocycles. The Balaban J connectivity index is 1.99. The van der Waals surface area contributed by atoms with Crippen LogP contribution in [0.2, 0.25) is 0 Å². The zero-order chi connectivity index (χ0) is 16.1. The molecule has 0 saturated carbocycles. The first-order valence-electron chi connectivity index (χ1n) is 7.24. The van der Waals surface area contributed by atoms with Gasteiger partial charge in [0.1, 0.15) is 5.69 Å². The van der Waals surface area contributed by atoms with E-state index in [9.17, 15) is 14.9 Å². The van der Waals surface area contributed by atoms with Crippen LogP contribution in [0.15, 0.2) is 24.3 Å². The first kappa shape index (κ1) is 16.6. The van der Waals surface area contributed by atoms with Gasteiger partial charge in [-0.05, 0) is 30.4 Å². The van der Waals surface area contributed by atoms with Gasteiger partial charge in [0.15, 0.2) is 0 Å². The summed E-state index contributed by atoms with van der Waals surface area (Å²) in [7, 11) is 1.72. The Hall–Kier alpha value is -1.76. The third-order valence-corrected chi connectivity index (χ3v) is 4.71. The highest BCUT2D eigenvalue weighted by Crippen LogP contribution is 2.27. The number of hydrogen-bond donors (Lipinski definition) is 0. The van der Waals surface area contributed by atoms with Gasteiger partial charge in [-0.2, -0.15) is 11.8 Å². The summed E-state index contributed by atoms with van der Waals surface area (Å²) in [6, 6.07) is 6.50. The number of nitro groups is 1. The minimum atomic E-state index is -0.416. The fraction of sp³-hybridized carbons (Fsp3) is 0.533. The Morgan fingerprint density at radius 2 is 2.23 bits per heavy atom. The standard InChI is InChI=1S/C15H21N3O3S/c1-16(13-5-3-4-6-14(13)18(20)21)10-15(19)17-8-7-12(9-17)11-22-2/h3-6,12H,7-11H2,1-2H3/t12-/m0/s1. The molecule has 1 fully saturated rings. The normalized spacial score (nSPS) is 17.5. The molecule has 0 unspecified atom stereocenters. The Labute approximate surface area is 134 Å². The van der Waals surface area contributed by atoms with E-state index >= 15 is 0 Å². The van der Waals surface area contributed by atoms with Crippen LogP contribution in [0.4, 0.5) is 11.4 Å². The largest absolute Gasteiger partial charge is 0.360 e. The smallest absolute Gasteiger partial charge is 0.292 e. The summed E-state index contributed by atoms with van der Waals surface area (Å²) in [5, 5.41) is 11.1. The van der Waals surface area contributed by atoms with Crippen LogP contribution in [0, 0.1) is 16.0 Å². The molecule has 120 valence electrons. The predicted octanol–water partition coefficient (Wildman–Crippen LogP) is 2.24. The summed E-state index contributed by atoms with van der Waals surface area (Å²) >= 11 is 1.81. The summed E-state index contributed by atoms with van der Waals surface area (Å²) in [6.07, 6.45) is 3.12. The lowest BCUT2D eigenvalue weighted by Crippen LogP contribution is -2.38. The molecular formula is C15H21N3O3S. The Kier molecular flexibility index (Phi) is 5.65. The quantitative estimate of drug-likeness (QED) is 0.593. The van der Waals surface area contributed by atoms with E-state index in [1.165, 1.54) is 6.07 Å². The van der Waals surface area contributed by atoms with Crippen LogP contribution in [0.25, 0.3) is 0 Å². The number of rotatable bonds is 6. The Bertz CT molecular complexity index is 553. The van der Waals surface area contributed by atoms with Gasteiger partial charge in [-0.3, -0.25) is 14.9 Å². The predicted molar refractivity (Wildman–Crippen MR) is 89.4 cm³/mol.